The second-order valence-corrected chi connectivity index (χ2v) is 19.3. The van der Waals surface area contributed by atoms with Crippen LogP contribution in [-0.4, -0.2) is 90.6 Å². The van der Waals surface area contributed by atoms with E-state index >= 15 is 0 Å². The topological polar surface area (TPSA) is 193 Å². The monoisotopic (exact) mass is 926 g/mol. The number of imide groups is 1. The number of rotatable bonds is 20. The molecule has 6 amide bonds. The van der Waals surface area contributed by atoms with Crippen LogP contribution in [-0.2, 0) is 47.5 Å². The molecule has 16 nitrogen and oxygen atoms in total. The third-order valence-electron chi connectivity index (χ3n) is 12.9. The molecule has 0 bridgehead atoms. The Kier molecular flexibility index (Phi) is 15.3. The molecule has 1 aromatic carbocycles. The van der Waals surface area contributed by atoms with Crippen molar-refractivity contribution in [1.82, 2.24) is 45.5 Å². The van der Waals surface area contributed by atoms with Crippen molar-refractivity contribution in [2.45, 2.75) is 134 Å². The van der Waals surface area contributed by atoms with Crippen molar-refractivity contribution in [2.24, 2.45) is 13.0 Å². The standard InChI is InChI=1S/C47H59ClN10O6S/c1-56-39(23-30-13-14-30)36(26-52-56)41-37(48)27-50-45(55-41)53-33-15-17-34(18-16-33)57(47(63)64-29-31-11-7-6-8-12-31)22-10-5-3-2-4-9-21-49-46(62)51-25-35-24-32-28-58(44(61)42(32)65-35)38-19-20-40(59)54-43(38)60/h6-8,11-12,24,26-27,30,33-34,38H,2-5,9-10,13-23,25,28-29H2,1H3,(H2,49,51,62)(H,50,53,55)(H,54,59,60). The van der Waals surface area contributed by atoms with Gasteiger partial charge in [-0.1, -0.05) is 67.6 Å². The number of nitrogens with zero attached hydrogens (tertiary/aromatic N) is 6. The molecule has 4 N–H and O–H groups in total. The number of unbranched alkanes of at least 4 members (excludes halogenated alkanes) is 5. The molecule has 1 unspecified atom stereocenters. The fourth-order valence-electron chi connectivity index (χ4n) is 9.10. The predicted molar refractivity (Wildman–Crippen MR) is 247 cm³/mol. The van der Waals surface area contributed by atoms with Crippen LogP contribution < -0.4 is 21.3 Å². The number of hydrogen-bond donors (Lipinski definition) is 4. The maximum Gasteiger partial charge on any atom is 0.410 e. The first-order chi connectivity index (χ1) is 31.6. The molecule has 5 heterocycles. The lowest BCUT2D eigenvalue weighted by Crippen LogP contribution is -2.52. The van der Waals surface area contributed by atoms with E-state index < -0.39 is 11.9 Å². The van der Waals surface area contributed by atoms with E-state index in [-0.39, 0.29) is 49.1 Å². The first-order valence-corrected chi connectivity index (χ1v) is 24.3. The van der Waals surface area contributed by atoms with E-state index in [9.17, 15) is 24.0 Å². The highest BCUT2D eigenvalue weighted by Gasteiger charge is 2.40. The average Bonchev–Trinajstić information content (AvgIpc) is 3.82. The number of halogens is 1. The van der Waals surface area contributed by atoms with E-state index in [2.05, 4.69) is 31.3 Å². The van der Waals surface area contributed by atoms with Crippen molar-refractivity contribution in [2.75, 3.05) is 18.4 Å². The maximum absolute atomic E-state index is 13.6. The molecule has 3 fully saturated rings. The molecule has 4 aromatic rings. The summed E-state index contributed by atoms with van der Waals surface area (Å²) in [6, 6.07) is 11.0. The first kappa shape index (κ1) is 46.0. The zero-order valence-electron chi connectivity index (χ0n) is 37.0. The van der Waals surface area contributed by atoms with E-state index in [1.165, 1.54) is 29.1 Å². The minimum atomic E-state index is -0.638. The van der Waals surface area contributed by atoms with Gasteiger partial charge < -0.3 is 30.5 Å². The van der Waals surface area contributed by atoms with Crippen LogP contribution >= 0.6 is 22.9 Å². The van der Waals surface area contributed by atoms with Crippen LogP contribution in [0, 0.1) is 5.92 Å². The fraction of sp³-hybridized carbons (Fsp3) is 0.532. The van der Waals surface area contributed by atoms with Gasteiger partial charge in [0, 0.05) is 61.3 Å². The molecule has 1 atom stereocenters. The molecule has 1 saturated heterocycles. The van der Waals surface area contributed by atoms with Crippen molar-refractivity contribution in [3.63, 3.8) is 0 Å². The first-order valence-electron chi connectivity index (χ1n) is 23.1. The van der Waals surface area contributed by atoms with Gasteiger partial charge in [0.05, 0.1) is 34.5 Å². The number of amides is 6. The molecule has 18 heteroatoms. The Morgan fingerprint density at radius 3 is 2.48 bits per heavy atom. The number of ether oxygens (including phenoxy) is 1. The summed E-state index contributed by atoms with van der Waals surface area (Å²) in [7, 11) is 1.97. The molecule has 0 radical (unpaired) electrons. The maximum atomic E-state index is 13.6. The normalized spacial score (nSPS) is 19.4. The molecule has 4 aliphatic rings. The zero-order valence-corrected chi connectivity index (χ0v) is 38.6. The number of aromatic nitrogens is 4. The average molecular weight is 928 g/mol. The number of aryl methyl sites for hydroxylation is 1. The number of carbonyl (C=O) groups excluding carboxylic acids is 5. The van der Waals surface area contributed by atoms with Crippen LogP contribution in [0.4, 0.5) is 15.5 Å². The van der Waals surface area contributed by atoms with Crippen molar-refractivity contribution in [1.29, 1.82) is 0 Å². The Bertz CT molecular complexity index is 2330. The number of carbonyl (C=O) groups is 5. The number of fused-ring (bicyclic) bond motifs is 1. The lowest BCUT2D eigenvalue weighted by atomic mass is 9.90. The number of nitrogens with one attached hydrogen (secondary N) is 4. The van der Waals surface area contributed by atoms with Gasteiger partial charge in [0.25, 0.3) is 5.91 Å². The van der Waals surface area contributed by atoms with Crippen molar-refractivity contribution < 1.29 is 28.7 Å². The van der Waals surface area contributed by atoms with Crippen LogP contribution in [0.5, 0.6) is 0 Å². The van der Waals surface area contributed by atoms with Crippen molar-refractivity contribution >= 4 is 58.7 Å². The van der Waals surface area contributed by atoms with Gasteiger partial charge in [-0.3, -0.25) is 24.4 Å². The number of thiophene rings is 1. The summed E-state index contributed by atoms with van der Waals surface area (Å²) in [5.41, 5.74) is 4.61. The van der Waals surface area contributed by atoms with Crippen LogP contribution in [0.25, 0.3) is 11.3 Å². The molecule has 2 aliphatic carbocycles. The number of urea groups is 1. The Labute approximate surface area is 388 Å². The van der Waals surface area contributed by atoms with Crippen LogP contribution in [0.2, 0.25) is 5.02 Å². The summed E-state index contributed by atoms with van der Waals surface area (Å²) in [6.07, 6.45) is 16.4. The SMILES string of the molecule is Cn1ncc(-c2nc(NC3CCC(N(CCCCCCCCNC(=O)NCc4cc5c(s4)C(=O)N(C4CCC(=O)NC4=O)C5)C(=O)OCc4ccccc4)CC3)ncc2Cl)c1CC1CC1. The minimum absolute atomic E-state index is 0.0779. The van der Waals surface area contributed by atoms with Gasteiger partial charge >= 0.3 is 12.1 Å². The molecule has 2 saturated carbocycles. The lowest BCUT2D eigenvalue weighted by Gasteiger charge is -2.36. The molecular weight excluding hydrogens is 868 g/mol. The molecule has 3 aromatic heterocycles. The van der Waals surface area contributed by atoms with E-state index in [0.29, 0.717) is 60.1 Å². The highest BCUT2D eigenvalue weighted by molar-refractivity contribution is 7.14. The highest BCUT2D eigenvalue weighted by Crippen LogP contribution is 2.38. The third-order valence-corrected chi connectivity index (χ3v) is 14.4. The number of benzene rings is 1. The van der Waals surface area contributed by atoms with Crippen LogP contribution in [0.3, 0.4) is 0 Å². The summed E-state index contributed by atoms with van der Waals surface area (Å²) in [4.78, 5) is 77.3. The summed E-state index contributed by atoms with van der Waals surface area (Å²) in [6.45, 7) is 2.05. The van der Waals surface area contributed by atoms with Gasteiger partial charge in [-0.15, -0.1) is 11.3 Å². The summed E-state index contributed by atoms with van der Waals surface area (Å²) >= 11 is 7.97. The van der Waals surface area contributed by atoms with E-state index in [1.807, 2.05) is 59.2 Å². The summed E-state index contributed by atoms with van der Waals surface area (Å²) in [5, 5.41) is 16.7. The zero-order chi connectivity index (χ0) is 45.3. The van der Waals surface area contributed by atoms with Crippen LogP contribution in [0.1, 0.15) is 121 Å². The second-order valence-electron chi connectivity index (χ2n) is 17.7. The van der Waals surface area contributed by atoms with Crippen LogP contribution in [0.15, 0.2) is 48.8 Å². The predicted octanol–water partition coefficient (Wildman–Crippen LogP) is 7.51. The third kappa shape index (κ3) is 12.0. The summed E-state index contributed by atoms with van der Waals surface area (Å²) in [5.74, 6) is 0.301. The second kappa shape index (κ2) is 21.6. The molecule has 346 valence electrons. The highest BCUT2D eigenvalue weighted by atomic mass is 35.5. The smallest absolute Gasteiger partial charge is 0.410 e. The quantitative estimate of drug-likeness (QED) is 0.0510. The Hall–Kier alpha value is -5.55. The van der Waals surface area contributed by atoms with Gasteiger partial charge in [0.2, 0.25) is 17.8 Å². The van der Waals surface area contributed by atoms with E-state index in [4.69, 9.17) is 21.3 Å². The Balaban J connectivity index is 0.735. The molecule has 2 aliphatic heterocycles. The largest absolute Gasteiger partial charge is 0.445 e. The molecule has 8 rings (SSSR count). The minimum Gasteiger partial charge on any atom is -0.445 e. The Morgan fingerprint density at radius 1 is 0.954 bits per heavy atom. The Morgan fingerprint density at radius 2 is 1.72 bits per heavy atom. The lowest BCUT2D eigenvalue weighted by molar-refractivity contribution is -0.136. The fourth-order valence-corrected chi connectivity index (χ4v) is 10.4. The van der Waals surface area contributed by atoms with Gasteiger partial charge in [-0.05, 0) is 87.3 Å². The van der Waals surface area contributed by atoms with E-state index in [0.717, 1.165) is 97.9 Å². The van der Waals surface area contributed by atoms with Crippen molar-refractivity contribution in [3.05, 3.63) is 80.4 Å². The summed E-state index contributed by atoms with van der Waals surface area (Å²) < 4.78 is 7.79. The molecule has 0 spiro atoms. The molecular formula is C47H59ClN10O6S. The van der Waals surface area contributed by atoms with Gasteiger partial charge in [-0.25, -0.2) is 19.6 Å². The number of hydrogen-bond acceptors (Lipinski definition) is 11. The number of piperidine rings is 1. The van der Waals surface area contributed by atoms with Gasteiger partial charge in [0.15, 0.2) is 0 Å². The van der Waals surface area contributed by atoms with Gasteiger partial charge in [0.1, 0.15) is 12.6 Å². The molecule has 65 heavy (non-hydrogen) atoms. The number of anilines is 1. The van der Waals surface area contributed by atoms with Crippen molar-refractivity contribution in [3.8, 4) is 11.3 Å². The van der Waals surface area contributed by atoms with E-state index in [1.54, 1.807) is 6.20 Å². The van der Waals surface area contributed by atoms with Gasteiger partial charge in [-0.2, -0.15) is 5.10 Å².